The van der Waals surface area contributed by atoms with Gasteiger partial charge in [0.15, 0.2) is 11.1 Å². The summed E-state index contributed by atoms with van der Waals surface area (Å²) in [6.07, 6.45) is 2.19. The quantitative estimate of drug-likeness (QED) is 0.514. The van der Waals surface area contributed by atoms with E-state index in [4.69, 9.17) is 38.3 Å². The van der Waals surface area contributed by atoms with Gasteiger partial charge in [-0.25, -0.2) is 9.97 Å². The van der Waals surface area contributed by atoms with Gasteiger partial charge in [0.05, 0.1) is 20.0 Å². The number of benzene rings is 2. The Kier molecular flexibility index (Phi) is 5.07. The molecule has 0 amide bonds. The summed E-state index contributed by atoms with van der Waals surface area (Å²) < 4.78 is 7.04. The van der Waals surface area contributed by atoms with Gasteiger partial charge in [0.25, 0.3) is 0 Å². The highest BCUT2D eigenvalue weighted by Gasteiger charge is 2.13. The van der Waals surface area contributed by atoms with Gasteiger partial charge in [-0.1, -0.05) is 41.4 Å². The summed E-state index contributed by atoms with van der Waals surface area (Å²) in [5, 5.41) is 9.27. The van der Waals surface area contributed by atoms with Crippen LogP contribution < -0.4 is 10.2 Å². The third-order valence-corrected chi connectivity index (χ3v) is 5.20. The SMILES string of the molecule is COc1ccc(Cc2nc3c([nH]2)c(=N)ncn3Cc2c(Cl)cccc2Cl)cc1. The predicted molar refractivity (Wildman–Crippen MR) is 109 cm³/mol. The minimum Gasteiger partial charge on any atom is -0.497 e. The molecule has 8 heteroatoms. The summed E-state index contributed by atoms with van der Waals surface area (Å²) in [4.78, 5) is 12.1. The van der Waals surface area contributed by atoms with Crippen molar-refractivity contribution in [2.75, 3.05) is 7.11 Å². The molecule has 2 aromatic heterocycles. The molecular weight excluding hydrogens is 397 g/mol. The molecule has 4 aromatic rings. The molecule has 0 aliphatic heterocycles. The molecule has 142 valence electrons. The van der Waals surface area contributed by atoms with Gasteiger partial charge in [0, 0.05) is 22.0 Å². The van der Waals surface area contributed by atoms with E-state index in [1.165, 1.54) is 0 Å². The number of rotatable bonds is 5. The Balaban J connectivity index is 1.71. The summed E-state index contributed by atoms with van der Waals surface area (Å²) in [7, 11) is 1.64. The molecule has 0 spiro atoms. The average molecular weight is 414 g/mol. The number of halogens is 2. The lowest BCUT2D eigenvalue weighted by molar-refractivity contribution is 0.414. The predicted octanol–water partition coefficient (Wildman–Crippen LogP) is 4.19. The zero-order chi connectivity index (χ0) is 19.7. The molecule has 2 aromatic carbocycles. The maximum atomic E-state index is 8.11. The van der Waals surface area contributed by atoms with Gasteiger partial charge in [0.1, 0.15) is 17.1 Å². The number of hydrogen-bond donors (Lipinski definition) is 2. The van der Waals surface area contributed by atoms with Crippen LogP contribution in [0.4, 0.5) is 0 Å². The van der Waals surface area contributed by atoms with Crippen molar-refractivity contribution >= 4 is 34.4 Å². The average Bonchev–Trinajstić information content (AvgIpc) is 3.12. The molecule has 0 fully saturated rings. The third-order valence-electron chi connectivity index (χ3n) is 4.49. The highest BCUT2D eigenvalue weighted by atomic mass is 35.5. The van der Waals surface area contributed by atoms with Crippen molar-refractivity contribution in [3.63, 3.8) is 0 Å². The van der Waals surface area contributed by atoms with Crippen LogP contribution in [-0.2, 0) is 13.0 Å². The minimum absolute atomic E-state index is 0.144. The van der Waals surface area contributed by atoms with Crippen LogP contribution in [-0.4, -0.2) is 26.6 Å². The van der Waals surface area contributed by atoms with Crippen molar-refractivity contribution in [2.24, 2.45) is 0 Å². The number of hydrogen-bond acceptors (Lipinski definition) is 4. The van der Waals surface area contributed by atoms with Gasteiger partial charge in [-0.2, -0.15) is 0 Å². The number of nitrogens with zero attached hydrogens (tertiary/aromatic N) is 3. The second-order valence-corrected chi connectivity index (χ2v) is 7.14. The molecule has 28 heavy (non-hydrogen) atoms. The normalized spacial score (nSPS) is 11.1. The van der Waals surface area contributed by atoms with E-state index in [2.05, 4.69) is 9.97 Å². The van der Waals surface area contributed by atoms with Gasteiger partial charge >= 0.3 is 0 Å². The van der Waals surface area contributed by atoms with Crippen molar-refractivity contribution in [2.45, 2.75) is 13.0 Å². The Morgan fingerprint density at radius 3 is 2.50 bits per heavy atom. The van der Waals surface area contributed by atoms with Crippen molar-refractivity contribution in [3.05, 3.63) is 81.3 Å². The third kappa shape index (κ3) is 3.61. The van der Waals surface area contributed by atoms with Crippen LogP contribution in [0.2, 0.25) is 10.0 Å². The maximum Gasteiger partial charge on any atom is 0.173 e. The number of imidazole rings is 1. The highest BCUT2D eigenvalue weighted by molar-refractivity contribution is 6.36. The Morgan fingerprint density at radius 1 is 1.11 bits per heavy atom. The fourth-order valence-electron chi connectivity index (χ4n) is 3.02. The molecule has 6 nitrogen and oxygen atoms in total. The molecule has 0 unspecified atom stereocenters. The minimum atomic E-state index is 0.144. The van der Waals surface area contributed by atoms with E-state index in [1.54, 1.807) is 31.6 Å². The Hall–Kier alpha value is -2.83. The fraction of sp³-hybridized carbons (Fsp3) is 0.150. The summed E-state index contributed by atoms with van der Waals surface area (Å²) in [5.74, 6) is 1.56. The first-order chi connectivity index (χ1) is 13.5. The molecule has 0 saturated carbocycles. The van der Waals surface area contributed by atoms with Crippen molar-refractivity contribution in [1.82, 2.24) is 19.5 Å². The molecule has 2 N–H and O–H groups in total. The van der Waals surface area contributed by atoms with Gasteiger partial charge in [0.2, 0.25) is 0 Å². The molecular formula is C20H17Cl2N5O. The number of aromatic amines is 1. The van der Waals surface area contributed by atoms with Crippen LogP contribution in [0.1, 0.15) is 17.0 Å². The zero-order valence-corrected chi connectivity index (χ0v) is 16.6. The molecule has 0 aliphatic rings. The first kappa shape index (κ1) is 18.5. The molecule has 0 atom stereocenters. The number of fused-ring (bicyclic) bond motifs is 1. The monoisotopic (exact) mass is 413 g/mol. The maximum absolute atomic E-state index is 8.11. The Bertz CT molecular complexity index is 1180. The first-order valence-corrected chi connectivity index (χ1v) is 9.35. The van der Waals surface area contributed by atoms with Crippen molar-refractivity contribution in [1.29, 1.82) is 5.41 Å². The molecule has 0 bridgehead atoms. The summed E-state index contributed by atoms with van der Waals surface area (Å²) in [6.45, 7) is 0.412. The number of aromatic nitrogens is 4. The molecule has 4 rings (SSSR count). The van der Waals surface area contributed by atoms with E-state index in [0.717, 1.165) is 22.7 Å². The molecule has 2 heterocycles. The van der Waals surface area contributed by atoms with E-state index >= 15 is 0 Å². The van der Waals surface area contributed by atoms with E-state index in [0.29, 0.717) is 34.2 Å². The molecule has 0 aliphatic carbocycles. The Morgan fingerprint density at radius 2 is 1.82 bits per heavy atom. The van der Waals surface area contributed by atoms with Crippen LogP contribution in [0.15, 0.2) is 48.8 Å². The number of methoxy groups -OCH3 is 1. The lowest BCUT2D eigenvalue weighted by Crippen LogP contribution is -2.13. The lowest BCUT2D eigenvalue weighted by Gasteiger charge is -2.10. The molecule has 0 saturated heterocycles. The zero-order valence-electron chi connectivity index (χ0n) is 15.0. The number of H-pyrrole nitrogens is 1. The summed E-state index contributed by atoms with van der Waals surface area (Å²) in [5.41, 5.74) is 3.23. The van der Waals surface area contributed by atoms with E-state index in [9.17, 15) is 0 Å². The standard InChI is InChI=1S/C20H17Cl2N5O/c1-28-13-7-5-12(6-8-13)9-17-25-18-19(23)24-11-27(20(18)26-17)10-14-15(21)3-2-4-16(14)22/h2-8,11,23H,9-10H2,1H3,(H,25,26). The lowest BCUT2D eigenvalue weighted by atomic mass is 10.1. The van der Waals surface area contributed by atoms with Crippen LogP contribution in [0.25, 0.3) is 11.2 Å². The fourth-order valence-corrected chi connectivity index (χ4v) is 3.54. The molecule has 0 radical (unpaired) electrons. The first-order valence-electron chi connectivity index (χ1n) is 8.59. The largest absolute Gasteiger partial charge is 0.497 e. The number of nitrogens with one attached hydrogen (secondary N) is 2. The van der Waals surface area contributed by atoms with Crippen molar-refractivity contribution in [3.8, 4) is 5.75 Å². The highest BCUT2D eigenvalue weighted by Crippen LogP contribution is 2.26. The van der Waals surface area contributed by atoms with E-state index in [1.807, 2.05) is 28.8 Å². The van der Waals surface area contributed by atoms with Crippen LogP contribution in [0.3, 0.4) is 0 Å². The number of ether oxygens (including phenoxy) is 1. The summed E-state index contributed by atoms with van der Waals surface area (Å²) >= 11 is 12.6. The van der Waals surface area contributed by atoms with E-state index < -0.39 is 0 Å². The second-order valence-electron chi connectivity index (χ2n) is 6.33. The van der Waals surface area contributed by atoms with Gasteiger partial charge in [-0.15, -0.1) is 0 Å². The van der Waals surface area contributed by atoms with Crippen molar-refractivity contribution < 1.29 is 4.74 Å². The van der Waals surface area contributed by atoms with Crippen LogP contribution >= 0.6 is 23.2 Å². The van der Waals surface area contributed by atoms with Gasteiger partial charge in [-0.05, 0) is 29.8 Å². The second kappa shape index (κ2) is 7.66. The smallest absolute Gasteiger partial charge is 0.173 e. The topological polar surface area (TPSA) is 79.6 Å². The Labute approximate surface area is 171 Å². The van der Waals surface area contributed by atoms with Crippen LogP contribution in [0, 0.1) is 5.41 Å². The summed E-state index contributed by atoms with van der Waals surface area (Å²) in [6, 6.07) is 13.2. The van der Waals surface area contributed by atoms with Crippen LogP contribution in [0.5, 0.6) is 5.75 Å². The van der Waals surface area contributed by atoms with Gasteiger partial charge in [-0.3, -0.25) is 5.41 Å². The van der Waals surface area contributed by atoms with Gasteiger partial charge < -0.3 is 14.3 Å². The van der Waals surface area contributed by atoms with E-state index in [-0.39, 0.29) is 5.49 Å².